The van der Waals surface area contributed by atoms with Crippen molar-refractivity contribution in [3.8, 4) is 0 Å². The first-order valence-electron chi connectivity index (χ1n) is 10.7. The number of ketones is 2. The number of primary amides is 1. The Morgan fingerprint density at radius 1 is 1.07 bits per heavy atom. The zero-order valence-electron chi connectivity index (χ0n) is 17.9. The summed E-state index contributed by atoms with van der Waals surface area (Å²) in [5.74, 6) is -0.304. The van der Waals surface area contributed by atoms with Crippen LogP contribution in [0.4, 0.5) is 0 Å². The van der Waals surface area contributed by atoms with Gasteiger partial charge in [-0.05, 0) is 59.3 Å². The molecule has 4 N–H and O–H groups in total. The number of hydrogen-bond acceptors (Lipinski definition) is 5. The number of allylic oxidation sites excluding steroid dienone is 2. The van der Waals surface area contributed by atoms with Gasteiger partial charge in [0.25, 0.3) is 0 Å². The molecular formula is C22H39N3O3. The number of nitrogens with two attached hydrogens (primary N) is 1. The molecule has 0 saturated carbocycles. The van der Waals surface area contributed by atoms with Crippen molar-refractivity contribution >= 4 is 17.5 Å². The summed E-state index contributed by atoms with van der Waals surface area (Å²) >= 11 is 0. The maximum absolute atomic E-state index is 12.9. The van der Waals surface area contributed by atoms with E-state index in [1.807, 2.05) is 13.8 Å². The number of Topliss-reactive ketones (excluding diaryl/α,β-unsaturated/α-hetero) is 2. The summed E-state index contributed by atoms with van der Waals surface area (Å²) in [4.78, 5) is 36.3. The Bertz CT molecular complexity index is 561. The van der Waals surface area contributed by atoms with Crippen LogP contribution in [0.2, 0.25) is 0 Å². The Morgan fingerprint density at radius 2 is 1.71 bits per heavy atom. The third-order valence-electron chi connectivity index (χ3n) is 5.77. The number of carbonyl (C=O) groups is 3. The fourth-order valence-corrected chi connectivity index (χ4v) is 3.58. The monoisotopic (exact) mass is 393 g/mol. The average molecular weight is 394 g/mol. The van der Waals surface area contributed by atoms with Gasteiger partial charge in [-0.15, -0.1) is 0 Å². The third kappa shape index (κ3) is 8.65. The van der Waals surface area contributed by atoms with E-state index in [0.717, 1.165) is 44.9 Å². The molecule has 1 rings (SSSR count). The lowest BCUT2D eigenvalue weighted by molar-refractivity contribution is -0.127. The summed E-state index contributed by atoms with van der Waals surface area (Å²) in [6.07, 6.45) is 13.2. The van der Waals surface area contributed by atoms with Crippen LogP contribution in [0.25, 0.3) is 0 Å². The molecule has 0 saturated heterocycles. The van der Waals surface area contributed by atoms with Crippen LogP contribution in [0.1, 0.15) is 85.0 Å². The van der Waals surface area contributed by atoms with E-state index in [2.05, 4.69) is 22.8 Å². The van der Waals surface area contributed by atoms with E-state index in [4.69, 9.17) is 5.73 Å². The minimum Gasteiger partial charge on any atom is -0.368 e. The van der Waals surface area contributed by atoms with Crippen molar-refractivity contribution in [1.82, 2.24) is 10.6 Å². The first-order chi connectivity index (χ1) is 13.2. The fraction of sp³-hybridized carbons (Fsp3) is 0.773. The Morgan fingerprint density at radius 3 is 2.36 bits per heavy atom. The van der Waals surface area contributed by atoms with Gasteiger partial charge in [0.1, 0.15) is 5.78 Å². The van der Waals surface area contributed by atoms with Gasteiger partial charge in [-0.1, -0.05) is 31.4 Å². The van der Waals surface area contributed by atoms with E-state index in [1.165, 1.54) is 6.92 Å². The Kier molecular flexibility index (Phi) is 10.6. The van der Waals surface area contributed by atoms with Gasteiger partial charge in [0.05, 0.1) is 17.6 Å². The zero-order valence-corrected chi connectivity index (χ0v) is 17.9. The van der Waals surface area contributed by atoms with Crippen LogP contribution in [-0.4, -0.2) is 41.6 Å². The third-order valence-corrected chi connectivity index (χ3v) is 5.77. The molecule has 160 valence electrons. The topological polar surface area (TPSA) is 101 Å². The van der Waals surface area contributed by atoms with E-state index in [0.29, 0.717) is 25.8 Å². The van der Waals surface area contributed by atoms with Crippen molar-refractivity contribution in [2.75, 3.05) is 13.1 Å². The van der Waals surface area contributed by atoms with Gasteiger partial charge in [0.15, 0.2) is 5.78 Å². The first-order valence-corrected chi connectivity index (χ1v) is 10.7. The molecule has 0 aromatic heterocycles. The fourth-order valence-electron chi connectivity index (χ4n) is 3.58. The van der Waals surface area contributed by atoms with Crippen LogP contribution in [0, 0.1) is 0 Å². The van der Waals surface area contributed by atoms with Gasteiger partial charge in [-0.2, -0.15) is 0 Å². The highest BCUT2D eigenvalue weighted by Gasteiger charge is 2.34. The smallest absolute Gasteiger partial charge is 0.237 e. The van der Waals surface area contributed by atoms with E-state index in [-0.39, 0.29) is 24.0 Å². The van der Waals surface area contributed by atoms with Crippen molar-refractivity contribution in [1.29, 1.82) is 0 Å². The minimum atomic E-state index is -0.814. The first kappa shape index (κ1) is 24.5. The molecule has 0 aromatic rings. The zero-order chi connectivity index (χ0) is 21.0. The molecule has 0 spiro atoms. The van der Waals surface area contributed by atoms with Gasteiger partial charge in [-0.3, -0.25) is 19.7 Å². The maximum Gasteiger partial charge on any atom is 0.237 e. The minimum absolute atomic E-state index is 0.0173. The Balaban J connectivity index is 2.84. The SMILES string of the molecule is CC(=O)CN[C@]1(C)CCCCCC/C=C/CCCC(C)(C(N)=O)NCCC1=O. The summed E-state index contributed by atoms with van der Waals surface area (Å²) < 4.78 is 0. The molecule has 1 aliphatic rings. The second-order valence-electron chi connectivity index (χ2n) is 8.50. The number of carbonyl (C=O) groups excluding carboxylic acids is 3. The Labute approximate surface area is 170 Å². The van der Waals surface area contributed by atoms with Gasteiger partial charge in [0.2, 0.25) is 5.91 Å². The van der Waals surface area contributed by atoms with E-state index < -0.39 is 11.1 Å². The molecule has 6 nitrogen and oxygen atoms in total. The van der Waals surface area contributed by atoms with E-state index in [9.17, 15) is 14.4 Å². The average Bonchev–Trinajstić information content (AvgIpc) is 2.63. The van der Waals surface area contributed by atoms with Gasteiger partial charge < -0.3 is 11.1 Å². The quantitative estimate of drug-likeness (QED) is 0.638. The van der Waals surface area contributed by atoms with Crippen molar-refractivity contribution in [3.05, 3.63) is 12.2 Å². The van der Waals surface area contributed by atoms with Gasteiger partial charge >= 0.3 is 0 Å². The highest BCUT2D eigenvalue weighted by atomic mass is 16.2. The standard InChI is InChI=1S/C22H39N3O3/c1-18(26)17-25-21(2)14-11-9-7-5-4-6-8-10-12-15-22(3,20(23)28)24-16-13-19(21)27/h6,8,24-25H,4-5,7,9-17H2,1-3H3,(H2,23,28)/b8-6+/t21-,22?/m1/s1. The summed E-state index contributed by atoms with van der Waals surface area (Å²) in [7, 11) is 0. The number of rotatable bonds is 4. The van der Waals surface area contributed by atoms with Crippen LogP contribution in [0.15, 0.2) is 12.2 Å². The molecule has 2 atom stereocenters. The molecule has 1 amide bonds. The summed E-state index contributed by atoms with van der Waals surface area (Å²) in [5.41, 5.74) is 4.09. The van der Waals surface area contributed by atoms with Crippen LogP contribution < -0.4 is 16.4 Å². The van der Waals surface area contributed by atoms with E-state index in [1.54, 1.807) is 0 Å². The van der Waals surface area contributed by atoms with Crippen LogP contribution in [-0.2, 0) is 14.4 Å². The van der Waals surface area contributed by atoms with Crippen LogP contribution in [0.5, 0.6) is 0 Å². The van der Waals surface area contributed by atoms with E-state index >= 15 is 0 Å². The second kappa shape index (κ2) is 12.1. The molecule has 28 heavy (non-hydrogen) atoms. The van der Waals surface area contributed by atoms with Crippen molar-refractivity contribution in [2.45, 2.75) is 96.1 Å². The second-order valence-corrected chi connectivity index (χ2v) is 8.50. The predicted octanol–water partition coefficient (Wildman–Crippen LogP) is 2.80. The number of amides is 1. The molecule has 6 heteroatoms. The van der Waals surface area contributed by atoms with Crippen molar-refractivity contribution in [3.63, 3.8) is 0 Å². The van der Waals surface area contributed by atoms with Crippen molar-refractivity contribution in [2.24, 2.45) is 5.73 Å². The lowest BCUT2D eigenvalue weighted by atomic mass is 9.87. The van der Waals surface area contributed by atoms with Gasteiger partial charge in [0, 0.05) is 13.0 Å². The molecule has 0 aliphatic carbocycles. The molecule has 1 aliphatic heterocycles. The normalized spacial score (nSPS) is 30.3. The maximum atomic E-state index is 12.9. The molecule has 1 heterocycles. The molecule has 0 fully saturated rings. The number of nitrogens with one attached hydrogen (secondary N) is 2. The molecule has 0 aromatic carbocycles. The molecule has 0 radical (unpaired) electrons. The predicted molar refractivity (Wildman–Crippen MR) is 113 cm³/mol. The molecule has 0 bridgehead atoms. The highest BCUT2D eigenvalue weighted by Crippen LogP contribution is 2.20. The molecule has 1 unspecified atom stereocenters. The number of hydrogen-bond donors (Lipinski definition) is 3. The summed E-state index contributed by atoms with van der Waals surface area (Å²) in [5, 5.41) is 6.38. The largest absolute Gasteiger partial charge is 0.368 e. The van der Waals surface area contributed by atoms with Crippen LogP contribution >= 0.6 is 0 Å². The summed E-state index contributed by atoms with van der Waals surface area (Å²) in [6, 6.07) is 0. The Hall–Kier alpha value is -1.53. The van der Waals surface area contributed by atoms with Gasteiger partial charge in [-0.25, -0.2) is 0 Å². The lowest BCUT2D eigenvalue weighted by Crippen LogP contribution is -2.55. The van der Waals surface area contributed by atoms with Crippen LogP contribution in [0.3, 0.4) is 0 Å². The van der Waals surface area contributed by atoms with Crippen molar-refractivity contribution < 1.29 is 14.4 Å². The lowest BCUT2D eigenvalue weighted by Gasteiger charge is -2.31. The molecular weight excluding hydrogens is 354 g/mol. The highest BCUT2D eigenvalue weighted by molar-refractivity contribution is 5.89. The summed E-state index contributed by atoms with van der Waals surface area (Å²) in [6.45, 7) is 5.81.